The Balaban J connectivity index is 2.04. The van der Waals surface area contributed by atoms with Gasteiger partial charge in [0.1, 0.15) is 11.4 Å². The molecule has 0 unspecified atom stereocenters. The quantitative estimate of drug-likeness (QED) is 0.941. The molecule has 21 heavy (non-hydrogen) atoms. The maximum absolute atomic E-state index is 13.8. The van der Waals surface area contributed by atoms with Gasteiger partial charge in [-0.2, -0.15) is 0 Å². The van der Waals surface area contributed by atoms with Crippen LogP contribution in [-0.4, -0.2) is 42.3 Å². The van der Waals surface area contributed by atoms with E-state index < -0.39 is 5.97 Å². The second kappa shape index (κ2) is 5.46. The fraction of sp³-hybridized carbons (Fsp3) is 0.400. The Hall–Kier alpha value is -1.92. The van der Waals surface area contributed by atoms with Gasteiger partial charge in [-0.05, 0) is 19.1 Å². The van der Waals surface area contributed by atoms with Gasteiger partial charge in [-0.15, -0.1) is 0 Å². The zero-order chi connectivity index (χ0) is 15.0. The van der Waals surface area contributed by atoms with Gasteiger partial charge in [-0.3, -0.25) is 4.90 Å². The molecule has 5 nitrogen and oxygen atoms in total. The number of nitrogens with zero attached hydrogens (tertiary/aromatic N) is 1. The zero-order valence-electron chi connectivity index (χ0n) is 11.7. The number of aromatic carboxylic acids is 1. The minimum atomic E-state index is -1.14. The Bertz CT molecular complexity index is 689. The molecule has 1 aromatic carbocycles. The van der Waals surface area contributed by atoms with Crippen LogP contribution < -0.4 is 0 Å². The number of rotatable bonds is 3. The van der Waals surface area contributed by atoms with E-state index in [1.54, 1.807) is 6.92 Å². The van der Waals surface area contributed by atoms with Crippen molar-refractivity contribution in [1.29, 1.82) is 0 Å². The topological polar surface area (TPSA) is 62.9 Å². The molecule has 1 aliphatic rings. The number of carboxylic acids is 1. The summed E-state index contributed by atoms with van der Waals surface area (Å²) in [6.07, 6.45) is 0. The summed E-state index contributed by atoms with van der Waals surface area (Å²) >= 11 is 0. The molecule has 0 amide bonds. The van der Waals surface area contributed by atoms with Crippen LogP contribution in [0.3, 0.4) is 0 Å². The maximum atomic E-state index is 13.8. The number of carbonyl (C=O) groups is 1. The zero-order valence-corrected chi connectivity index (χ0v) is 11.7. The third-order valence-electron chi connectivity index (χ3n) is 3.77. The van der Waals surface area contributed by atoms with E-state index in [-0.39, 0.29) is 11.6 Å². The van der Waals surface area contributed by atoms with E-state index in [1.165, 1.54) is 12.1 Å². The molecule has 0 atom stereocenters. The highest BCUT2D eigenvalue weighted by Crippen LogP contribution is 2.30. The Morgan fingerprint density at radius 1 is 1.38 bits per heavy atom. The monoisotopic (exact) mass is 293 g/mol. The van der Waals surface area contributed by atoms with Crippen molar-refractivity contribution in [3.8, 4) is 0 Å². The SMILES string of the molecule is Cc1c(C(=O)O)oc2c(CN3CCOCC3)cc(F)cc12. The Kier molecular flexibility index (Phi) is 3.65. The molecule has 0 aliphatic carbocycles. The number of furan rings is 1. The lowest BCUT2D eigenvalue weighted by atomic mass is 10.1. The first-order valence-electron chi connectivity index (χ1n) is 6.81. The molecular weight excluding hydrogens is 277 g/mol. The van der Waals surface area contributed by atoms with Gasteiger partial charge in [-0.25, -0.2) is 9.18 Å². The number of halogens is 1. The van der Waals surface area contributed by atoms with Crippen molar-refractivity contribution in [2.75, 3.05) is 26.3 Å². The van der Waals surface area contributed by atoms with Crippen molar-refractivity contribution in [3.05, 3.63) is 34.8 Å². The normalized spacial score (nSPS) is 16.5. The summed E-state index contributed by atoms with van der Waals surface area (Å²) < 4.78 is 24.6. The highest BCUT2D eigenvalue weighted by atomic mass is 19.1. The van der Waals surface area contributed by atoms with Crippen LogP contribution in [0, 0.1) is 12.7 Å². The van der Waals surface area contributed by atoms with Crippen molar-refractivity contribution in [3.63, 3.8) is 0 Å². The van der Waals surface area contributed by atoms with Gasteiger partial charge in [0.25, 0.3) is 0 Å². The Morgan fingerprint density at radius 3 is 2.76 bits per heavy atom. The van der Waals surface area contributed by atoms with Crippen LogP contribution in [0.4, 0.5) is 4.39 Å². The summed E-state index contributed by atoms with van der Waals surface area (Å²) in [5.41, 5.74) is 1.58. The molecule has 0 spiro atoms. The number of fused-ring (bicyclic) bond motifs is 1. The van der Waals surface area contributed by atoms with Crippen LogP contribution >= 0.6 is 0 Å². The van der Waals surface area contributed by atoms with Gasteiger partial charge in [-0.1, -0.05) is 0 Å². The third kappa shape index (κ3) is 2.64. The summed E-state index contributed by atoms with van der Waals surface area (Å²) in [5.74, 6) is -1.65. The van der Waals surface area contributed by atoms with Gasteiger partial charge >= 0.3 is 5.97 Å². The third-order valence-corrected chi connectivity index (χ3v) is 3.77. The van der Waals surface area contributed by atoms with E-state index in [0.717, 1.165) is 13.1 Å². The molecule has 3 rings (SSSR count). The molecule has 0 bridgehead atoms. The van der Waals surface area contributed by atoms with Crippen LogP contribution in [0.5, 0.6) is 0 Å². The number of hydrogen-bond donors (Lipinski definition) is 1. The van der Waals surface area contributed by atoms with Gasteiger partial charge < -0.3 is 14.3 Å². The lowest BCUT2D eigenvalue weighted by Gasteiger charge is -2.26. The lowest BCUT2D eigenvalue weighted by molar-refractivity contribution is 0.0342. The Morgan fingerprint density at radius 2 is 2.10 bits per heavy atom. The molecule has 112 valence electrons. The second-order valence-electron chi connectivity index (χ2n) is 5.19. The molecule has 0 saturated carbocycles. The largest absolute Gasteiger partial charge is 0.475 e. The van der Waals surface area contributed by atoms with E-state index in [4.69, 9.17) is 14.3 Å². The fourth-order valence-electron chi connectivity index (χ4n) is 2.67. The highest BCUT2D eigenvalue weighted by molar-refractivity contribution is 5.95. The number of morpholine rings is 1. The summed E-state index contributed by atoms with van der Waals surface area (Å²) in [4.78, 5) is 13.3. The summed E-state index contributed by atoms with van der Waals surface area (Å²) in [6.45, 7) is 4.98. The van der Waals surface area contributed by atoms with E-state index >= 15 is 0 Å². The molecule has 2 heterocycles. The molecule has 1 fully saturated rings. The van der Waals surface area contributed by atoms with Crippen molar-refractivity contribution in [2.24, 2.45) is 0 Å². The van der Waals surface area contributed by atoms with Gasteiger partial charge in [0, 0.05) is 36.1 Å². The van der Waals surface area contributed by atoms with E-state index in [9.17, 15) is 9.18 Å². The number of hydrogen-bond acceptors (Lipinski definition) is 4. The number of ether oxygens (including phenoxy) is 1. The first kappa shape index (κ1) is 14.0. The van der Waals surface area contributed by atoms with E-state index in [1.807, 2.05) is 0 Å². The predicted octanol–water partition coefficient (Wildman–Crippen LogP) is 2.41. The molecular formula is C15H16FNO4. The number of benzene rings is 1. The van der Waals surface area contributed by atoms with Crippen molar-refractivity contribution < 1.29 is 23.4 Å². The smallest absolute Gasteiger partial charge is 0.372 e. The minimum absolute atomic E-state index is 0.126. The van der Waals surface area contributed by atoms with Crippen LogP contribution in [0.25, 0.3) is 11.0 Å². The van der Waals surface area contributed by atoms with Crippen LogP contribution in [0.2, 0.25) is 0 Å². The first-order valence-corrected chi connectivity index (χ1v) is 6.81. The van der Waals surface area contributed by atoms with Crippen molar-refractivity contribution in [1.82, 2.24) is 4.90 Å². The highest BCUT2D eigenvalue weighted by Gasteiger charge is 2.21. The predicted molar refractivity (Wildman–Crippen MR) is 74.0 cm³/mol. The van der Waals surface area contributed by atoms with Gasteiger partial charge in [0.2, 0.25) is 5.76 Å². The maximum Gasteiger partial charge on any atom is 0.372 e. The van der Waals surface area contributed by atoms with Gasteiger partial charge in [0.05, 0.1) is 13.2 Å². The van der Waals surface area contributed by atoms with Crippen LogP contribution in [0.1, 0.15) is 21.7 Å². The molecule has 1 aliphatic heterocycles. The molecule has 1 N–H and O–H groups in total. The second-order valence-corrected chi connectivity index (χ2v) is 5.19. The number of carboxylic acid groups (broad SMARTS) is 1. The lowest BCUT2D eigenvalue weighted by Crippen LogP contribution is -2.35. The molecule has 1 saturated heterocycles. The van der Waals surface area contributed by atoms with Crippen LogP contribution in [0.15, 0.2) is 16.5 Å². The Labute approximate surface area is 120 Å². The molecule has 2 aromatic rings. The average molecular weight is 293 g/mol. The van der Waals surface area contributed by atoms with E-state index in [2.05, 4.69) is 4.90 Å². The minimum Gasteiger partial charge on any atom is -0.475 e. The first-order chi connectivity index (χ1) is 10.1. The fourth-order valence-corrected chi connectivity index (χ4v) is 2.67. The standard InChI is InChI=1S/C15H16FNO4/c1-9-12-7-11(16)6-10(8-17-2-4-20-5-3-17)14(12)21-13(9)15(18)19/h6-7H,2-5,8H2,1H3,(H,18,19). The van der Waals surface area contributed by atoms with Crippen molar-refractivity contribution in [2.45, 2.75) is 13.5 Å². The van der Waals surface area contributed by atoms with E-state index in [0.29, 0.717) is 41.9 Å². The summed E-state index contributed by atoms with van der Waals surface area (Å²) in [6, 6.07) is 2.73. The summed E-state index contributed by atoms with van der Waals surface area (Å²) in [5, 5.41) is 9.66. The van der Waals surface area contributed by atoms with Crippen LogP contribution in [-0.2, 0) is 11.3 Å². The average Bonchev–Trinajstić information content (AvgIpc) is 2.78. The van der Waals surface area contributed by atoms with Gasteiger partial charge in [0.15, 0.2) is 0 Å². The molecule has 6 heteroatoms. The molecule has 1 aromatic heterocycles. The number of aryl methyl sites for hydroxylation is 1. The van der Waals surface area contributed by atoms with Crippen molar-refractivity contribution >= 4 is 16.9 Å². The molecule has 0 radical (unpaired) electrons. The summed E-state index contributed by atoms with van der Waals surface area (Å²) in [7, 11) is 0.